The fraction of sp³-hybridized carbons (Fsp3) is 0.444. The van der Waals surface area contributed by atoms with Crippen molar-refractivity contribution in [2.75, 3.05) is 18.4 Å². The van der Waals surface area contributed by atoms with Crippen LogP contribution in [0.15, 0.2) is 36.5 Å². The molecule has 0 saturated carbocycles. The SMILES string of the molecule is CCCN(CCC)C(=O)C(C)Nc1ccnc2ccccc12. The number of nitrogens with zero attached hydrogens (tertiary/aromatic N) is 2. The van der Waals surface area contributed by atoms with Crippen molar-refractivity contribution in [3.63, 3.8) is 0 Å². The van der Waals surface area contributed by atoms with E-state index in [-0.39, 0.29) is 11.9 Å². The Morgan fingerprint density at radius 3 is 2.55 bits per heavy atom. The van der Waals surface area contributed by atoms with Crippen LogP contribution < -0.4 is 5.32 Å². The minimum atomic E-state index is -0.246. The van der Waals surface area contributed by atoms with Gasteiger partial charge in [0.25, 0.3) is 0 Å². The highest BCUT2D eigenvalue weighted by Crippen LogP contribution is 2.22. The molecule has 4 nitrogen and oxygen atoms in total. The van der Waals surface area contributed by atoms with Crippen LogP contribution in [0.2, 0.25) is 0 Å². The van der Waals surface area contributed by atoms with Crippen LogP contribution >= 0.6 is 0 Å². The molecule has 2 aromatic rings. The van der Waals surface area contributed by atoms with E-state index in [0.717, 1.165) is 42.5 Å². The number of aromatic nitrogens is 1. The minimum absolute atomic E-state index is 0.157. The van der Waals surface area contributed by atoms with Crippen molar-refractivity contribution in [3.8, 4) is 0 Å². The lowest BCUT2D eigenvalue weighted by atomic mass is 10.1. The molecule has 0 aliphatic carbocycles. The summed E-state index contributed by atoms with van der Waals surface area (Å²) in [5.74, 6) is 0.157. The van der Waals surface area contributed by atoms with Crippen LogP contribution in [0.5, 0.6) is 0 Å². The van der Waals surface area contributed by atoms with E-state index in [0.29, 0.717) is 0 Å². The number of hydrogen-bond donors (Lipinski definition) is 1. The molecule has 0 saturated heterocycles. The topological polar surface area (TPSA) is 45.2 Å². The van der Waals surface area contributed by atoms with Gasteiger partial charge >= 0.3 is 0 Å². The number of fused-ring (bicyclic) bond motifs is 1. The highest BCUT2D eigenvalue weighted by molar-refractivity contribution is 5.93. The zero-order valence-corrected chi connectivity index (χ0v) is 13.7. The molecule has 0 bridgehead atoms. The molecule has 0 radical (unpaired) electrons. The van der Waals surface area contributed by atoms with Crippen molar-refractivity contribution in [2.24, 2.45) is 0 Å². The van der Waals surface area contributed by atoms with Crippen LogP contribution in [0, 0.1) is 0 Å². The lowest BCUT2D eigenvalue weighted by molar-refractivity contribution is -0.131. The summed E-state index contributed by atoms with van der Waals surface area (Å²) in [6, 6.07) is 9.64. The van der Waals surface area contributed by atoms with E-state index < -0.39 is 0 Å². The van der Waals surface area contributed by atoms with Gasteiger partial charge in [0.1, 0.15) is 6.04 Å². The van der Waals surface area contributed by atoms with E-state index in [1.165, 1.54) is 0 Å². The first-order chi connectivity index (χ1) is 10.7. The number of pyridine rings is 1. The molecule has 1 amide bonds. The van der Waals surface area contributed by atoms with E-state index in [1.54, 1.807) is 6.20 Å². The summed E-state index contributed by atoms with van der Waals surface area (Å²) >= 11 is 0. The number of benzene rings is 1. The van der Waals surface area contributed by atoms with Gasteiger partial charge < -0.3 is 10.2 Å². The lowest BCUT2D eigenvalue weighted by Crippen LogP contribution is -2.42. The van der Waals surface area contributed by atoms with Gasteiger partial charge in [0, 0.05) is 30.4 Å². The number of para-hydroxylation sites is 1. The largest absolute Gasteiger partial charge is 0.373 e. The molecule has 1 N–H and O–H groups in total. The minimum Gasteiger partial charge on any atom is -0.373 e. The second-order valence-corrected chi connectivity index (χ2v) is 5.57. The summed E-state index contributed by atoms with van der Waals surface area (Å²) in [6.07, 6.45) is 3.74. The maximum absolute atomic E-state index is 12.6. The normalized spacial score (nSPS) is 12.1. The van der Waals surface area contributed by atoms with Gasteiger partial charge in [0.05, 0.1) is 5.52 Å². The standard InChI is InChI=1S/C18H25N3O/c1-4-12-21(13-5-2)18(22)14(3)20-17-10-11-19-16-9-7-6-8-15(16)17/h6-11,14H,4-5,12-13H2,1-3H3,(H,19,20). The summed E-state index contributed by atoms with van der Waals surface area (Å²) in [6.45, 7) is 7.76. The Morgan fingerprint density at radius 1 is 1.18 bits per heavy atom. The first-order valence-electron chi connectivity index (χ1n) is 8.06. The number of carbonyl (C=O) groups is 1. The number of hydrogen-bond acceptors (Lipinski definition) is 3. The van der Waals surface area contributed by atoms with Crippen molar-refractivity contribution < 1.29 is 4.79 Å². The van der Waals surface area contributed by atoms with Gasteiger partial charge in [-0.3, -0.25) is 9.78 Å². The molecule has 22 heavy (non-hydrogen) atoms. The molecule has 0 aliphatic rings. The van der Waals surface area contributed by atoms with E-state index in [4.69, 9.17) is 0 Å². The van der Waals surface area contributed by atoms with Gasteiger partial charge in [0.15, 0.2) is 0 Å². The molecular formula is C18H25N3O. The Morgan fingerprint density at radius 2 is 1.86 bits per heavy atom. The molecule has 1 aromatic carbocycles. The molecule has 0 spiro atoms. The third-order valence-corrected chi connectivity index (χ3v) is 3.69. The first kappa shape index (κ1) is 16.3. The van der Waals surface area contributed by atoms with E-state index >= 15 is 0 Å². The Kier molecular flexibility index (Phi) is 5.75. The highest BCUT2D eigenvalue weighted by atomic mass is 16.2. The first-order valence-corrected chi connectivity index (χ1v) is 8.06. The molecule has 1 aromatic heterocycles. The third kappa shape index (κ3) is 3.75. The molecule has 0 fully saturated rings. The van der Waals surface area contributed by atoms with Crippen LogP contribution in [-0.2, 0) is 4.79 Å². The summed E-state index contributed by atoms with van der Waals surface area (Å²) < 4.78 is 0. The summed E-state index contributed by atoms with van der Waals surface area (Å²) in [7, 11) is 0. The van der Waals surface area contributed by atoms with Gasteiger partial charge in [-0.25, -0.2) is 0 Å². The Bertz CT molecular complexity index is 615. The van der Waals surface area contributed by atoms with Gasteiger partial charge in [-0.1, -0.05) is 32.0 Å². The van der Waals surface area contributed by atoms with Crippen molar-refractivity contribution in [1.29, 1.82) is 0 Å². The zero-order valence-electron chi connectivity index (χ0n) is 13.7. The average molecular weight is 299 g/mol. The van der Waals surface area contributed by atoms with Crippen LogP contribution in [-0.4, -0.2) is 34.9 Å². The molecule has 1 heterocycles. The number of carbonyl (C=O) groups excluding carboxylic acids is 1. The summed E-state index contributed by atoms with van der Waals surface area (Å²) in [5.41, 5.74) is 1.89. The molecule has 1 atom stereocenters. The van der Waals surface area contributed by atoms with E-state index in [1.807, 2.05) is 42.2 Å². The second kappa shape index (κ2) is 7.78. The Hall–Kier alpha value is -2.10. The molecular weight excluding hydrogens is 274 g/mol. The number of anilines is 1. The fourth-order valence-electron chi connectivity index (χ4n) is 2.66. The molecule has 4 heteroatoms. The predicted octanol–water partition coefficient (Wildman–Crippen LogP) is 3.68. The van der Waals surface area contributed by atoms with Gasteiger partial charge in [0.2, 0.25) is 5.91 Å². The van der Waals surface area contributed by atoms with Crippen LogP contribution in [0.25, 0.3) is 10.9 Å². The van der Waals surface area contributed by atoms with Gasteiger partial charge in [-0.05, 0) is 31.9 Å². The van der Waals surface area contributed by atoms with Gasteiger partial charge in [-0.15, -0.1) is 0 Å². The number of rotatable bonds is 7. The Balaban J connectivity index is 2.15. The maximum atomic E-state index is 12.6. The van der Waals surface area contributed by atoms with E-state index in [2.05, 4.69) is 24.1 Å². The quantitative estimate of drug-likeness (QED) is 0.848. The van der Waals surface area contributed by atoms with Crippen LogP contribution in [0.4, 0.5) is 5.69 Å². The average Bonchev–Trinajstić information content (AvgIpc) is 2.54. The number of nitrogens with one attached hydrogen (secondary N) is 1. The monoisotopic (exact) mass is 299 g/mol. The van der Waals surface area contributed by atoms with Crippen LogP contribution in [0.3, 0.4) is 0 Å². The zero-order chi connectivity index (χ0) is 15.9. The lowest BCUT2D eigenvalue weighted by Gasteiger charge is -2.26. The second-order valence-electron chi connectivity index (χ2n) is 5.57. The van der Waals surface area contributed by atoms with Crippen molar-refractivity contribution in [2.45, 2.75) is 39.7 Å². The molecule has 1 unspecified atom stereocenters. The van der Waals surface area contributed by atoms with Crippen molar-refractivity contribution >= 4 is 22.5 Å². The molecule has 0 aliphatic heterocycles. The fourth-order valence-corrected chi connectivity index (χ4v) is 2.66. The maximum Gasteiger partial charge on any atom is 0.244 e. The van der Waals surface area contributed by atoms with Crippen molar-refractivity contribution in [1.82, 2.24) is 9.88 Å². The summed E-state index contributed by atoms with van der Waals surface area (Å²) in [4.78, 5) is 18.9. The predicted molar refractivity (Wildman–Crippen MR) is 92.0 cm³/mol. The van der Waals surface area contributed by atoms with Crippen LogP contribution in [0.1, 0.15) is 33.6 Å². The summed E-state index contributed by atoms with van der Waals surface area (Å²) in [5, 5.41) is 4.39. The highest BCUT2D eigenvalue weighted by Gasteiger charge is 2.19. The molecule has 2 rings (SSSR count). The van der Waals surface area contributed by atoms with Crippen molar-refractivity contribution in [3.05, 3.63) is 36.5 Å². The smallest absolute Gasteiger partial charge is 0.244 e. The Labute approximate surface area is 132 Å². The number of amides is 1. The van der Waals surface area contributed by atoms with E-state index in [9.17, 15) is 4.79 Å². The third-order valence-electron chi connectivity index (χ3n) is 3.69. The molecule has 118 valence electrons. The van der Waals surface area contributed by atoms with Gasteiger partial charge in [-0.2, -0.15) is 0 Å².